The quantitative estimate of drug-likeness (QED) is 0.648. The Kier molecular flexibility index (Phi) is 5.38. The number of rotatable bonds is 7. The Morgan fingerprint density at radius 1 is 0.792 bits per heavy atom. The highest BCUT2D eigenvalue weighted by Gasteiger charge is 2.22. The van der Waals surface area contributed by atoms with Crippen LogP contribution in [0.15, 0.2) is 91.0 Å². The fourth-order valence-electron chi connectivity index (χ4n) is 2.47. The molecule has 0 radical (unpaired) electrons. The molecular formula is C21H19NO2. The van der Waals surface area contributed by atoms with Gasteiger partial charge in [-0.25, -0.2) is 0 Å². The van der Waals surface area contributed by atoms with E-state index in [-0.39, 0.29) is 5.78 Å². The Labute approximate surface area is 141 Å². The summed E-state index contributed by atoms with van der Waals surface area (Å²) in [4.78, 5) is 18.5. The van der Waals surface area contributed by atoms with E-state index in [1.807, 2.05) is 91.0 Å². The maximum Gasteiger partial charge on any atom is 0.173 e. The minimum absolute atomic E-state index is 0.0100. The van der Waals surface area contributed by atoms with Gasteiger partial charge in [-0.05, 0) is 23.3 Å². The van der Waals surface area contributed by atoms with Gasteiger partial charge in [0.2, 0.25) is 0 Å². The Hall–Kier alpha value is -2.91. The lowest BCUT2D eigenvalue weighted by Crippen LogP contribution is -2.21. The van der Waals surface area contributed by atoms with Crippen LogP contribution in [0.5, 0.6) is 0 Å². The van der Waals surface area contributed by atoms with Gasteiger partial charge >= 0.3 is 0 Å². The maximum absolute atomic E-state index is 12.8. The molecule has 3 nitrogen and oxygen atoms in total. The average molecular weight is 317 g/mol. The summed E-state index contributed by atoms with van der Waals surface area (Å²) < 4.78 is 0. The van der Waals surface area contributed by atoms with Gasteiger partial charge in [-0.3, -0.25) is 15.1 Å². The fraction of sp³-hybridized carbons (Fsp3) is 0.0952. The van der Waals surface area contributed by atoms with E-state index in [1.54, 1.807) is 0 Å². The zero-order chi connectivity index (χ0) is 16.6. The van der Waals surface area contributed by atoms with Crippen molar-refractivity contribution >= 4 is 11.5 Å². The van der Waals surface area contributed by atoms with Crippen LogP contribution in [0.3, 0.4) is 0 Å². The molecule has 0 aliphatic heterocycles. The van der Waals surface area contributed by atoms with E-state index in [2.05, 4.69) is 5.48 Å². The zero-order valence-corrected chi connectivity index (χ0v) is 13.3. The van der Waals surface area contributed by atoms with Crippen molar-refractivity contribution in [1.82, 2.24) is 0 Å². The molecule has 0 aliphatic carbocycles. The van der Waals surface area contributed by atoms with Crippen molar-refractivity contribution in [2.75, 3.05) is 5.48 Å². The van der Waals surface area contributed by atoms with Gasteiger partial charge in [-0.2, -0.15) is 0 Å². The van der Waals surface area contributed by atoms with Crippen molar-refractivity contribution in [3.63, 3.8) is 0 Å². The van der Waals surface area contributed by atoms with Crippen LogP contribution in [0.25, 0.3) is 0 Å². The van der Waals surface area contributed by atoms with E-state index in [4.69, 9.17) is 4.84 Å². The third-order valence-electron chi connectivity index (χ3n) is 3.68. The summed E-state index contributed by atoms with van der Waals surface area (Å²) in [7, 11) is 0. The first-order valence-corrected chi connectivity index (χ1v) is 7.91. The highest BCUT2D eigenvalue weighted by atomic mass is 16.7. The second-order valence-corrected chi connectivity index (χ2v) is 5.51. The highest BCUT2D eigenvalue weighted by Crippen LogP contribution is 2.21. The standard InChI is InChI=1S/C21H19NO2/c23-20(16-17-10-4-1-5-11-17)21(18-12-6-2-7-13-18)24-22-19-14-8-3-9-15-19/h1-15,21-22H,16H2. The largest absolute Gasteiger partial charge is 0.296 e. The van der Waals surface area contributed by atoms with Gasteiger partial charge in [0, 0.05) is 6.42 Å². The zero-order valence-electron chi connectivity index (χ0n) is 13.3. The summed E-state index contributed by atoms with van der Waals surface area (Å²) in [5, 5.41) is 0. The molecule has 3 heteroatoms. The smallest absolute Gasteiger partial charge is 0.173 e. The average Bonchev–Trinajstić information content (AvgIpc) is 2.64. The molecule has 1 unspecified atom stereocenters. The number of carbonyl (C=O) groups excluding carboxylic acids is 1. The second-order valence-electron chi connectivity index (χ2n) is 5.51. The molecule has 3 rings (SSSR count). The number of Topliss-reactive ketones (excluding diaryl/α,β-unsaturated/α-hetero) is 1. The van der Waals surface area contributed by atoms with Crippen molar-refractivity contribution in [1.29, 1.82) is 0 Å². The van der Waals surface area contributed by atoms with E-state index in [0.717, 1.165) is 16.8 Å². The maximum atomic E-state index is 12.8. The van der Waals surface area contributed by atoms with E-state index in [9.17, 15) is 4.79 Å². The number of benzene rings is 3. The second kappa shape index (κ2) is 8.09. The third kappa shape index (κ3) is 4.31. The molecule has 0 spiro atoms. The number of carbonyl (C=O) groups is 1. The summed E-state index contributed by atoms with van der Waals surface area (Å²) in [6.07, 6.45) is -0.330. The van der Waals surface area contributed by atoms with Crippen molar-refractivity contribution in [2.45, 2.75) is 12.5 Å². The lowest BCUT2D eigenvalue weighted by molar-refractivity contribution is -0.128. The monoisotopic (exact) mass is 317 g/mol. The van der Waals surface area contributed by atoms with Crippen molar-refractivity contribution in [2.24, 2.45) is 0 Å². The van der Waals surface area contributed by atoms with Crippen LogP contribution in [-0.2, 0) is 16.1 Å². The Morgan fingerprint density at radius 2 is 1.33 bits per heavy atom. The van der Waals surface area contributed by atoms with Crippen LogP contribution in [0.4, 0.5) is 5.69 Å². The minimum atomic E-state index is -0.661. The molecule has 0 aliphatic rings. The van der Waals surface area contributed by atoms with Crippen LogP contribution in [0.1, 0.15) is 17.2 Å². The summed E-state index contributed by atoms with van der Waals surface area (Å²) in [5.41, 5.74) is 5.51. The van der Waals surface area contributed by atoms with E-state index < -0.39 is 6.10 Å². The molecule has 0 saturated carbocycles. The number of hydrogen-bond acceptors (Lipinski definition) is 3. The molecule has 1 atom stereocenters. The molecule has 0 fully saturated rings. The van der Waals surface area contributed by atoms with Gasteiger partial charge in [0.25, 0.3) is 0 Å². The summed E-state index contributed by atoms with van der Waals surface area (Å²) >= 11 is 0. The number of anilines is 1. The van der Waals surface area contributed by atoms with Crippen LogP contribution in [-0.4, -0.2) is 5.78 Å². The summed E-state index contributed by atoms with van der Waals surface area (Å²) in [6, 6.07) is 28.8. The number of hydrogen-bond donors (Lipinski definition) is 1. The molecule has 0 aromatic heterocycles. The number of nitrogens with one attached hydrogen (secondary N) is 1. The van der Waals surface area contributed by atoms with Crippen molar-refractivity contribution in [3.8, 4) is 0 Å². The summed E-state index contributed by atoms with van der Waals surface area (Å²) in [6.45, 7) is 0. The molecule has 120 valence electrons. The topological polar surface area (TPSA) is 38.3 Å². The molecule has 3 aromatic rings. The van der Waals surface area contributed by atoms with Gasteiger partial charge < -0.3 is 0 Å². The minimum Gasteiger partial charge on any atom is -0.296 e. The molecule has 0 heterocycles. The number of para-hydroxylation sites is 1. The predicted octanol–water partition coefficient (Wildman–Crippen LogP) is 4.58. The Balaban J connectivity index is 1.75. The first kappa shape index (κ1) is 16.0. The highest BCUT2D eigenvalue weighted by molar-refractivity contribution is 5.86. The van der Waals surface area contributed by atoms with Gasteiger partial charge in [0.1, 0.15) is 0 Å². The van der Waals surface area contributed by atoms with Crippen LogP contribution >= 0.6 is 0 Å². The lowest BCUT2D eigenvalue weighted by Gasteiger charge is -2.18. The van der Waals surface area contributed by atoms with Crippen molar-refractivity contribution < 1.29 is 9.63 Å². The Bertz CT molecular complexity index is 758. The molecular weight excluding hydrogens is 298 g/mol. The fourth-order valence-corrected chi connectivity index (χ4v) is 2.47. The normalized spacial score (nSPS) is 11.7. The molecule has 0 bridgehead atoms. The third-order valence-corrected chi connectivity index (χ3v) is 3.68. The first-order chi connectivity index (χ1) is 11.8. The van der Waals surface area contributed by atoms with Gasteiger partial charge in [-0.15, -0.1) is 0 Å². The van der Waals surface area contributed by atoms with E-state index >= 15 is 0 Å². The van der Waals surface area contributed by atoms with Gasteiger partial charge in [0.15, 0.2) is 11.9 Å². The summed E-state index contributed by atoms with van der Waals surface area (Å²) in [5.74, 6) is 0.0100. The Morgan fingerprint density at radius 3 is 1.96 bits per heavy atom. The molecule has 0 saturated heterocycles. The van der Waals surface area contributed by atoms with E-state index in [1.165, 1.54) is 0 Å². The first-order valence-electron chi connectivity index (χ1n) is 7.91. The van der Waals surface area contributed by atoms with Crippen LogP contribution in [0, 0.1) is 0 Å². The van der Waals surface area contributed by atoms with Gasteiger partial charge in [-0.1, -0.05) is 78.9 Å². The van der Waals surface area contributed by atoms with E-state index in [0.29, 0.717) is 6.42 Å². The molecule has 3 aromatic carbocycles. The van der Waals surface area contributed by atoms with Crippen LogP contribution < -0.4 is 5.48 Å². The lowest BCUT2D eigenvalue weighted by atomic mass is 10.00. The SMILES string of the molecule is O=C(Cc1ccccc1)C(ONc1ccccc1)c1ccccc1. The predicted molar refractivity (Wildman–Crippen MR) is 95.5 cm³/mol. The molecule has 1 N–H and O–H groups in total. The van der Waals surface area contributed by atoms with Crippen molar-refractivity contribution in [3.05, 3.63) is 102 Å². The number of ketones is 1. The molecule has 0 amide bonds. The van der Waals surface area contributed by atoms with Crippen LogP contribution in [0.2, 0.25) is 0 Å². The molecule has 24 heavy (non-hydrogen) atoms. The van der Waals surface area contributed by atoms with Gasteiger partial charge in [0.05, 0.1) is 5.69 Å².